The van der Waals surface area contributed by atoms with Crippen LogP contribution in [0.2, 0.25) is 0 Å². The molecule has 0 N–H and O–H groups in total. The first-order chi connectivity index (χ1) is 9.15. The molecule has 0 bridgehead atoms. The highest BCUT2D eigenvalue weighted by atomic mass is 32.1. The molecule has 2 heterocycles. The first kappa shape index (κ1) is 13.7. The van der Waals surface area contributed by atoms with E-state index in [4.69, 9.17) is 4.74 Å². The SMILES string of the molecule is CCCN(CC(=O)OC)c1ncnc2sc(C)cc12. The van der Waals surface area contributed by atoms with Crippen LogP contribution in [0.3, 0.4) is 0 Å². The molecular formula is C13H17N3O2S. The first-order valence-corrected chi connectivity index (χ1v) is 7.00. The predicted octanol–water partition coefficient (Wildman–Crippen LogP) is 2.39. The highest BCUT2D eigenvalue weighted by Crippen LogP contribution is 2.29. The van der Waals surface area contributed by atoms with Crippen LogP contribution in [-0.4, -0.2) is 36.1 Å². The van der Waals surface area contributed by atoms with Crippen LogP contribution < -0.4 is 4.90 Å². The van der Waals surface area contributed by atoms with Crippen molar-refractivity contribution in [2.45, 2.75) is 20.3 Å². The molecule has 0 aliphatic rings. The predicted molar refractivity (Wildman–Crippen MR) is 76.7 cm³/mol. The van der Waals surface area contributed by atoms with E-state index >= 15 is 0 Å². The van der Waals surface area contributed by atoms with Crippen LogP contribution in [0.1, 0.15) is 18.2 Å². The summed E-state index contributed by atoms with van der Waals surface area (Å²) in [5.74, 6) is 0.550. The van der Waals surface area contributed by atoms with E-state index in [1.807, 2.05) is 11.8 Å². The molecule has 0 saturated heterocycles. The minimum absolute atomic E-state index is 0.214. The highest BCUT2D eigenvalue weighted by molar-refractivity contribution is 7.18. The molecule has 0 atom stereocenters. The number of aryl methyl sites for hydroxylation is 1. The molecule has 2 aromatic rings. The molecule has 0 unspecified atom stereocenters. The maximum absolute atomic E-state index is 11.5. The second-order valence-corrected chi connectivity index (χ2v) is 5.51. The zero-order valence-corrected chi connectivity index (χ0v) is 12.2. The lowest BCUT2D eigenvalue weighted by molar-refractivity contribution is -0.138. The molecule has 0 spiro atoms. The molecule has 0 amide bonds. The zero-order valence-electron chi connectivity index (χ0n) is 11.3. The Hall–Kier alpha value is -1.69. The summed E-state index contributed by atoms with van der Waals surface area (Å²) in [5, 5.41) is 1.00. The van der Waals surface area contributed by atoms with Crippen molar-refractivity contribution in [3.05, 3.63) is 17.3 Å². The average Bonchev–Trinajstić information content (AvgIpc) is 2.78. The van der Waals surface area contributed by atoms with Gasteiger partial charge in [0, 0.05) is 11.4 Å². The van der Waals surface area contributed by atoms with Gasteiger partial charge in [0.25, 0.3) is 0 Å². The largest absolute Gasteiger partial charge is 0.468 e. The fourth-order valence-electron chi connectivity index (χ4n) is 1.97. The van der Waals surface area contributed by atoms with Crippen molar-refractivity contribution in [2.75, 3.05) is 25.1 Å². The van der Waals surface area contributed by atoms with Gasteiger partial charge in [-0.05, 0) is 19.4 Å². The lowest BCUT2D eigenvalue weighted by Gasteiger charge is -2.22. The molecular weight excluding hydrogens is 262 g/mol. The van der Waals surface area contributed by atoms with E-state index in [-0.39, 0.29) is 12.5 Å². The maximum atomic E-state index is 11.5. The summed E-state index contributed by atoms with van der Waals surface area (Å²) in [7, 11) is 1.40. The molecule has 102 valence electrons. The quantitative estimate of drug-likeness (QED) is 0.787. The van der Waals surface area contributed by atoms with Gasteiger partial charge in [-0.25, -0.2) is 9.97 Å². The fourth-order valence-corrected chi connectivity index (χ4v) is 2.81. The Labute approximate surface area is 116 Å². The number of rotatable bonds is 5. The Morgan fingerprint density at radius 3 is 2.95 bits per heavy atom. The minimum atomic E-state index is -0.257. The van der Waals surface area contributed by atoms with Gasteiger partial charge in [-0.3, -0.25) is 4.79 Å². The van der Waals surface area contributed by atoms with E-state index < -0.39 is 0 Å². The lowest BCUT2D eigenvalue weighted by atomic mass is 10.3. The number of hydrogen-bond donors (Lipinski definition) is 0. The molecule has 6 heteroatoms. The number of anilines is 1. The van der Waals surface area contributed by atoms with Gasteiger partial charge in [0.15, 0.2) is 0 Å². The number of ether oxygens (including phenoxy) is 1. The molecule has 0 fully saturated rings. The molecule has 2 rings (SSSR count). The third-order valence-electron chi connectivity index (χ3n) is 2.77. The minimum Gasteiger partial charge on any atom is -0.468 e. The number of nitrogens with zero attached hydrogens (tertiary/aromatic N) is 3. The van der Waals surface area contributed by atoms with E-state index in [9.17, 15) is 4.79 Å². The number of aromatic nitrogens is 2. The fraction of sp³-hybridized carbons (Fsp3) is 0.462. The molecule has 0 aromatic carbocycles. The Morgan fingerprint density at radius 1 is 1.47 bits per heavy atom. The molecule has 5 nitrogen and oxygen atoms in total. The topological polar surface area (TPSA) is 55.3 Å². The number of esters is 1. The van der Waals surface area contributed by atoms with Crippen LogP contribution in [0, 0.1) is 6.92 Å². The second kappa shape index (κ2) is 5.97. The molecule has 2 aromatic heterocycles. The average molecular weight is 279 g/mol. The van der Waals surface area contributed by atoms with E-state index in [1.54, 1.807) is 17.7 Å². The molecule has 19 heavy (non-hydrogen) atoms. The number of thiophene rings is 1. The van der Waals surface area contributed by atoms with Crippen LogP contribution in [-0.2, 0) is 9.53 Å². The summed E-state index contributed by atoms with van der Waals surface area (Å²) in [5.41, 5.74) is 0. The Morgan fingerprint density at radius 2 is 2.26 bits per heavy atom. The van der Waals surface area contributed by atoms with Gasteiger partial charge in [-0.2, -0.15) is 0 Å². The van der Waals surface area contributed by atoms with E-state index in [0.717, 1.165) is 29.0 Å². The van der Waals surface area contributed by atoms with Gasteiger partial charge in [0.2, 0.25) is 0 Å². The molecule has 0 aliphatic heterocycles. The van der Waals surface area contributed by atoms with Crippen molar-refractivity contribution in [1.82, 2.24) is 9.97 Å². The van der Waals surface area contributed by atoms with E-state index in [2.05, 4.69) is 23.0 Å². The van der Waals surface area contributed by atoms with Gasteiger partial charge in [0.1, 0.15) is 23.5 Å². The number of carbonyl (C=O) groups is 1. The van der Waals surface area contributed by atoms with Crippen molar-refractivity contribution in [3.63, 3.8) is 0 Å². The van der Waals surface area contributed by atoms with Crippen molar-refractivity contribution >= 4 is 33.3 Å². The normalized spacial score (nSPS) is 10.7. The lowest BCUT2D eigenvalue weighted by Crippen LogP contribution is -2.32. The summed E-state index contributed by atoms with van der Waals surface area (Å²) in [6.07, 6.45) is 2.49. The van der Waals surface area contributed by atoms with Crippen molar-refractivity contribution in [3.8, 4) is 0 Å². The summed E-state index contributed by atoms with van der Waals surface area (Å²) in [4.78, 5) is 24.2. The number of fused-ring (bicyclic) bond motifs is 1. The van der Waals surface area contributed by atoms with Crippen molar-refractivity contribution in [2.24, 2.45) is 0 Å². The molecule has 0 saturated carbocycles. The van der Waals surface area contributed by atoms with Crippen LogP contribution in [0.15, 0.2) is 12.4 Å². The van der Waals surface area contributed by atoms with Gasteiger partial charge in [-0.1, -0.05) is 6.92 Å². The Balaban J connectivity index is 2.40. The summed E-state index contributed by atoms with van der Waals surface area (Å²) in [6, 6.07) is 2.06. The Bertz CT molecular complexity index is 582. The van der Waals surface area contributed by atoms with Crippen molar-refractivity contribution < 1.29 is 9.53 Å². The standard InChI is InChI=1S/C13H17N3O2S/c1-4-5-16(7-11(17)18-3)12-10-6-9(2)19-13(10)15-8-14-12/h6,8H,4-5,7H2,1-3H3. The number of methoxy groups -OCH3 is 1. The third-order valence-corrected chi connectivity index (χ3v) is 3.73. The van der Waals surface area contributed by atoms with Crippen LogP contribution in [0.5, 0.6) is 0 Å². The van der Waals surface area contributed by atoms with Crippen LogP contribution >= 0.6 is 11.3 Å². The van der Waals surface area contributed by atoms with Crippen molar-refractivity contribution in [1.29, 1.82) is 0 Å². The number of carbonyl (C=O) groups excluding carboxylic acids is 1. The van der Waals surface area contributed by atoms with Gasteiger partial charge in [0.05, 0.1) is 12.5 Å². The van der Waals surface area contributed by atoms with Gasteiger partial charge in [-0.15, -0.1) is 11.3 Å². The maximum Gasteiger partial charge on any atom is 0.325 e. The summed E-state index contributed by atoms with van der Waals surface area (Å²) >= 11 is 1.63. The molecule has 0 radical (unpaired) electrons. The summed E-state index contributed by atoms with van der Waals surface area (Å²) < 4.78 is 4.74. The number of hydrogen-bond acceptors (Lipinski definition) is 6. The third kappa shape index (κ3) is 3.01. The zero-order chi connectivity index (χ0) is 13.8. The van der Waals surface area contributed by atoms with Gasteiger partial charge < -0.3 is 9.64 Å². The molecule has 0 aliphatic carbocycles. The summed E-state index contributed by atoms with van der Waals surface area (Å²) in [6.45, 7) is 5.09. The highest BCUT2D eigenvalue weighted by Gasteiger charge is 2.16. The first-order valence-electron chi connectivity index (χ1n) is 6.18. The van der Waals surface area contributed by atoms with Crippen LogP contribution in [0.25, 0.3) is 10.2 Å². The smallest absolute Gasteiger partial charge is 0.325 e. The van der Waals surface area contributed by atoms with E-state index in [0.29, 0.717) is 0 Å². The van der Waals surface area contributed by atoms with Crippen LogP contribution in [0.4, 0.5) is 5.82 Å². The van der Waals surface area contributed by atoms with Gasteiger partial charge >= 0.3 is 5.97 Å². The second-order valence-electron chi connectivity index (χ2n) is 4.27. The Kier molecular flexibility index (Phi) is 4.31. The van der Waals surface area contributed by atoms with E-state index in [1.165, 1.54) is 12.0 Å². The monoisotopic (exact) mass is 279 g/mol.